The van der Waals surface area contributed by atoms with Crippen LogP contribution in [0.5, 0.6) is 11.5 Å². The van der Waals surface area contributed by atoms with Crippen LogP contribution in [-0.4, -0.2) is 11.7 Å². The minimum absolute atomic E-state index is 0.211. The fraction of sp³-hybridized carbons (Fsp3) is 0.167. The van der Waals surface area contributed by atoms with Crippen molar-refractivity contribution < 1.29 is 14.3 Å². The first-order valence-corrected chi connectivity index (χ1v) is 4.96. The summed E-state index contributed by atoms with van der Waals surface area (Å²) in [7, 11) is 0. The quantitative estimate of drug-likeness (QED) is 0.825. The molecule has 0 aliphatic carbocycles. The minimum atomic E-state index is -0.288. The molecule has 4 nitrogen and oxygen atoms in total. The second kappa shape index (κ2) is 4.72. The van der Waals surface area contributed by atoms with Gasteiger partial charge in [0.15, 0.2) is 0 Å². The lowest BCUT2D eigenvalue weighted by Crippen LogP contribution is -2.18. The smallest absolute Gasteiger partial charge is 0.123 e. The van der Waals surface area contributed by atoms with Gasteiger partial charge in [-0.3, -0.25) is 0 Å². The maximum absolute atomic E-state index is 9.09. The summed E-state index contributed by atoms with van der Waals surface area (Å²) in [4.78, 5) is 0. The lowest BCUT2D eigenvalue weighted by atomic mass is 10.2. The molecule has 0 aliphatic rings. The molecule has 2 aromatic rings. The number of furan rings is 1. The predicted octanol–water partition coefficient (Wildman–Crippen LogP) is 2.06. The number of phenolic OH excluding ortho intramolecular Hbond substituents is 1. The van der Waals surface area contributed by atoms with Gasteiger partial charge in [0, 0.05) is 0 Å². The van der Waals surface area contributed by atoms with Crippen molar-refractivity contribution in [2.45, 2.75) is 6.04 Å². The molecule has 2 rings (SSSR count). The molecule has 1 aromatic carbocycles. The zero-order chi connectivity index (χ0) is 11.4. The Hall–Kier alpha value is -1.94. The highest BCUT2D eigenvalue weighted by molar-refractivity contribution is 5.30. The van der Waals surface area contributed by atoms with Gasteiger partial charge in [0.1, 0.15) is 23.9 Å². The molecule has 4 heteroatoms. The summed E-state index contributed by atoms with van der Waals surface area (Å²) in [5, 5.41) is 9.09. The summed E-state index contributed by atoms with van der Waals surface area (Å²) in [6.45, 7) is 0.332. The topological polar surface area (TPSA) is 68.6 Å². The molecule has 1 unspecified atom stereocenters. The van der Waals surface area contributed by atoms with Gasteiger partial charge < -0.3 is 20.0 Å². The maximum Gasteiger partial charge on any atom is 0.123 e. The van der Waals surface area contributed by atoms with Gasteiger partial charge in [-0.25, -0.2) is 0 Å². The van der Waals surface area contributed by atoms with E-state index in [-0.39, 0.29) is 11.8 Å². The van der Waals surface area contributed by atoms with Gasteiger partial charge in [0.2, 0.25) is 0 Å². The largest absolute Gasteiger partial charge is 0.508 e. The fourth-order valence-corrected chi connectivity index (χ4v) is 1.31. The van der Waals surface area contributed by atoms with E-state index in [1.165, 1.54) is 0 Å². The molecule has 16 heavy (non-hydrogen) atoms. The first-order valence-electron chi connectivity index (χ1n) is 4.96. The van der Waals surface area contributed by atoms with E-state index in [9.17, 15) is 0 Å². The minimum Gasteiger partial charge on any atom is -0.508 e. The Labute approximate surface area is 93.3 Å². The number of hydrogen-bond acceptors (Lipinski definition) is 4. The van der Waals surface area contributed by atoms with Crippen LogP contribution in [-0.2, 0) is 0 Å². The molecule has 0 bridgehead atoms. The van der Waals surface area contributed by atoms with Crippen LogP contribution < -0.4 is 10.5 Å². The molecule has 0 amide bonds. The Morgan fingerprint density at radius 2 is 2.00 bits per heavy atom. The number of hydrogen-bond donors (Lipinski definition) is 2. The summed E-state index contributed by atoms with van der Waals surface area (Å²) < 4.78 is 10.6. The van der Waals surface area contributed by atoms with Crippen molar-refractivity contribution in [2.75, 3.05) is 6.61 Å². The highest BCUT2D eigenvalue weighted by atomic mass is 16.5. The van der Waals surface area contributed by atoms with Crippen LogP contribution in [0.1, 0.15) is 11.8 Å². The van der Waals surface area contributed by atoms with Crippen molar-refractivity contribution in [1.29, 1.82) is 0 Å². The molecule has 1 heterocycles. The third-order valence-electron chi connectivity index (χ3n) is 2.17. The van der Waals surface area contributed by atoms with Gasteiger partial charge in [-0.2, -0.15) is 0 Å². The lowest BCUT2D eigenvalue weighted by Gasteiger charge is -2.10. The molecule has 3 N–H and O–H groups in total. The Bertz CT molecular complexity index is 422. The maximum atomic E-state index is 9.09. The van der Waals surface area contributed by atoms with Crippen LogP contribution in [0.2, 0.25) is 0 Å². The normalized spacial score (nSPS) is 12.3. The van der Waals surface area contributed by atoms with Crippen molar-refractivity contribution in [1.82, 2.24) is 0 Å². The highest BCUT2D eigenvalue weighted by Crippen LogP contribution is 2.18. The van der Waals surface area contributed by atoms with E-state index in [1.54, 1.807) is 36.6 Å². The van der Waals surface area contributed by atoms with Gasteiger partial charge in [-0.15, -0.1) is 0 Å². The second-order valence-electron chi connectivity index (χ2n) is 3.43. The summed E-state index contributed by atoms with van der Waals surface area (Å²) in [6.07, 6.45) is 1.58. The molecule has 0 saturated carbocycles. The molecular weight excluding hydrogens is 206 g/mol. The average molecular weight is 219 g/mol. The van der Waals surface area contributed by atoms with E-state index in [2.05, 4.69) is 0 Å². The second-order valence-corrected chi connectivity index (χ2v) is 3.43. The zero-order valence-corrected chi connectivity index (χ0v) is 8.67. The monoisotopic (exact) mass is 219 g/mol. The van der Waals surface area contributed by atoms with Gasteiger partial charge in [0.25, 0.3) is 0 Å². The van der Waals surface area contributed by atoms with E-state index in [0.29, 0.717) is 18.1 Å². The summed E-state index contributed by atoms with van der Waals surface area (Å²) in [6, 6.07) is 9.81. The van der Waals surface area contributed by atoms with Crippen LogP contribution in [0.25, 0.3) is 0 Å². The average Bonchev–Trinajstić information content (AvgIpc) is 2.81. The third kappa shape index (κ3) is 2.55. The molecule has 1 atom stereocenters. The number of rotatable bonds is 4. The number of benzene rings is 1. The lowest BCUT2D eigenvalue weighted by molar-refractivity contribution is 0.272. The van der Waals surface area contributed by atoms with Crippen LogP contribution in [0.4, 0.5) is 0 Å². The number of phenols is 1. The van der Waals surface area contributed by atoms with E-state index in [1.807, 2.05) is 6.07 Å². The van der Waals surface area contributed by atoms with Gasteiger partial charge in [0.05, 0.1) is 12.3 Å². The number of ether oxygens (including phenoxy) is 1. The van der Waals surface area contributed by atoms with Crippen LogP contribution in [0.15, 0.2) is 47.1 Å². The van der Waals surface area contributed by atoms with Gasteiger partial charge in [-0.1, -0.05) is 0 Å². The SMILES string of the molecule is NC(COc1ccc(O)cc1)c1ccco1. The molecule has 0 fully saturated rings. The first kappa shape index (κ1) is 10.6. The Balaban J connectivity index is 1.90. The molecule has 0 spiro atoms. The molecule has 1 aromatic heterocycles. The fourth-order valence-electron chi connectivity index (χ4n) is 1.31. The predicted molar refractivity (Wildman–Crippen MR) is 59.2 cm³/mol. The van der Waals surface area contributed by atoms with E-state index in [4.69, 9.17) is 20.0 Å². The third-order valence-corrected chi connectivity index (χ3v) is 2.17. The molecule has 84 valence electrons. The Kier molecular flexibility index (Phi) is 3.12. The number of aromatic hydroxyl groups is 1. The molecule has 0 aliphatic heterocycles. The molecular formula is C12H13NO3. The number of nitrogens with two attached hydrogens (primary N) is 1. The Morgan fingerprint density at radius 1 is 1.25 bits per heavy atom. The van der Waals surface area contributed by atoms with Gasteiger partial charge in [-0.05, 0) is 36.4 Å². The summed E-state index contributed by atoms with van der Waals surface area (Å²) in [5.74, 6) is 1.57. The van der Waals surface area contributed by atoms with Crippen molar-refractivity contribution in [3.8, 4) is 11.5 Å². The van der Waals surface area contributed by atoms with E-state index < -0.39 is 0 Å². The zero-order valence-electron chi connectivity index (χ0n) is 8.67. The van der Waals surface area contributed by atoms with Crippen molar-refractivity contribution in [3.05, 3.63) is 48.4 Å². The summed E-state index contributed by atoms with van der Waals surface area (Å²) in [5.41, 5.74) is 5.85. The van der Waals surface area contributed by atoms with Crippen molar-refractivity contribution in [2.24, 2.45) is 5.73 Å². The van der Waals surface area contributed by atoms with Crippen molar-refractivity contribution >= 4 is 0 Å². The Morgan fingerprint density at radius 3 is 2.62 bits per heavy atom. The summed E-state index contributed by atoms with van der Waals surface area (Å²) >= 11 is 0. The van der Waals surface area contributed by atoms with E-state index in [0.717, 1.165) is 0 Å². The van der Waals surface area contributed by atoms with E-state index >= 15 is 0 Å². The first-order chi connectivity index (χ1) is 7.75. The molecule has 0 radical (unpaired) electrons. The van der Waals surface area contributed by atoms with Gasteiger partial charge >= 0.3 is 0 Å². The van der Waals surface area contributed by atoms with Crippen molar-refractivity contribution in [3.63, 3.8) is 0 Å². The highest BCUT2D eigenvalue weighted by Gasteiger charge is 2.09. The van der Waals surface area contributed by atoms with Crippen LogP contribution >= 0.6 is 0 Å². The molecule has 0 saturated heterocycles. The van der Waals surface area contributed by atoms with Crippen LogP contribution in [0.3, 0.4) is 0 Å². The standard InChI is InChI=1S/C12H13NO3/c13-11(12-2-1-7-15-12)8-16-10-5-3-9(14)4-6-10/h1-7,11,14H,8,13H2. The van der Waals surface area contributed by atoms with Crippen LogP contribution in [0, 0.1) is 0 Å².